The van der Waals surface area contributed by atoms with Crippen LogP contribution in [0.15, 0.2) is 42.7 Å². The highest BCUT2D eigenvalue weighted by atomic mass is 16.3. The van der Waals surface area contributed by atoms with Crippen molar-refractivity contribution in [1.29, 1.82) is 0 Å². The van der Waals surface area contributed by atoms with E-state index in [-0.39, 0.29) is 11.7 Å². The maximum atomic E-state index is 11.9. The number of phenolic OH excluding ortho intramolecular Hbond substituents is 1. The van der Waals surface area contributed by atoms with E-state index in [4.69, 9.17) is 0 Å². The molecular weight excluding hydrogens is 242 g/mol. The lowest BCUT2D eigenvalue weighted by Gasteiger charge is -2.17. The molecule has 0 aliphatic rings. The van der Waals surface area contributed by atoms with Crippen LogP contribution in [-0.4, -0.2) is 32.7 Å². The number of rotatable bonds is 5. The van der Waals surface area contributed by atoms with Gasteiger partial charge in [0.25, 0.3) is 0 Å². The van der Waals surface area contributed by atoms with Gasteiger partial charge in [-0.15, -0.1) is 0 Å². The highest BCUT2D eigenvalue weighted by Gasteiger charge is 2.09. The minimum absolute atomic E-state index is 0.0728. The lowest BCUT2D eigenvalue weighted by Crippen LogP contribution is -2.27. The Morgan fingerprint density at radius 1 is 1.37 bits per heavy atom. The van der Waals surface area contributed by atoms with Crippen molar-refractivity contribution < 1.29 is 9.90 Å². The standard InChI is InChI=1S/C14H17N3O2/c1-16(11-12-3-5-13(18)6-4-12)14(19)7-10-17-9-2-8-15-17/h2-6,8-9,18H,7,10-11H2,1H3. The molecule has 0 saturated heterocycles. The summed E-state index contributed by atoms with van der Waals surface area (Å²) in [6.07, 6.45) is 3.97. The summed E-state index contributed by atoms with van der Waals surface area (Å²) >= 11 is 0. The molecule has 5 heteroatoms. The number of amides is 1. The Labute approximate surface area is 112 Å². The van der Waals surface area contributed by atoms with Crippen molar-refractivity contribution in [3.05, 3.63) is 48.3 Å². The van der Waals surface area contributed by atoms with Crippen molar-refractivity contribution in [3.63, 3.8) is 0 Å². The fourth-order valence-electron chi connectivity index (χ4n) is 1.80. The van der Waals surface area contributed by atoms with Gasteiger partial charge in [-0.25, -0.2) is 0 Å². The number of aromatic nitrogens is 2. The Balaban J connectivity index is 1.83. The summed E-state index contributed by atoms with van der Waals surface area (Å²) in [5, 5.41) is 13.3. The highest BCUT2D eigenvalue weighted by Crippen LogP contribution is 2.11. The van der Waals surface area contributed by atoms with Gasteiger partial charge in [0.15, 0.2) is 0 Å². The smallest absolute Gasteiger partial charge is 0.224 e. The first-order valence-corrected chi connectivity index (χ1v) is 6.14. The zero-order valence-corrected chi connectivity index (χ0v) is 10.9. The molecule has 0 saturated carbocycles. The molecule has 100 valence electrons. The fourth-order valence-corrected chi connectivity index (χ4v) is 1.80. The van der Waals surface area contributed by atoms with Crippen molar-refractivity contribution in [2.45, 2.75) is 19.5 Å². The maximum Gasteiger partial charge on any atom is 0.224 e. The summed E-state index contributed by atoms with van der Waals surface area (Å²) < 4.78 is 1.74. The van der Waals surface area contributed by atoms with Gasteiger partial charge in [0.2, 0.25) is 5.91 Å². The first-order chi connectivity index (χ1) is 9.15. The minimum Gasteiger partial charge on any atom is -0.508 e. The number of aromatic hydroxyl groups is 1. The van der Waals surface area contributed by atoms with E-state index in [2.05, 4.69) is 5.10 Å². The van der Waals surface area contributed by atoms with Crippen molar-refractivity contribution in [1.82, 2.24) is 14.7 Å². The van der Waals surface area contributed by atoms with Crippen molar-refractivity contribution in [2.24, 2.45) is 0 Å². The molecule has 0 atom stereocenters. The number of carbonyl (C=O) groups is 1. The molecule has 5 nitrogen and oxygen atoms in total. The molecule has 0 unspecified atom stereocenters. The van der Waals surface area contributed by atoms with Gasteiger partial charge in [0, 0.05) is 39.0 Å². The van der Waals surface area contributed by atoms with Gasteiger partial charge in [-0.05, 0) is 23.8 Å². The van der Waals surface area contributed by atoms with E-state index in [0.717, 1.165) is 5.56 Å². The van der Waals surface area contributed by atoms with E-state index >= 15 is 0 Å². The van der Waals surface area contributed by atoms with Crippen LogP contribution >= 0.6 is 0 Å². The molecule has 0 aliphatic heterocycles. The van der Waals surface area contributed by atoms with Gasteiger partial charge in [0.1, 0.15) is 5.75 Å². The molecule has 19 heavy (non-hydrogen) atoms. The Morgan fingerprint density at radius 3 is 2.74 bits per heavy atom. The van der Waals surface area contributed by atoms with E-state index in [0.29, 0.717) is 19.5 Å². The third-order valence-electron chi connectivity index (χ3n) is 2.90. The first kappa shape index (κ1) is 13.1. The second-order valence-electron chi connectivity index (χ2n) is 4.44. The van der Waals surface area contributed by atoms with Crippen LogP contribution in [0.1, 0.15) is 12.0 Å². The lowest BCUT2D eigenvalue weighted by molar-refractivity contribution is -0.130. The van der Waals surface area contributed by atoms with Crippen LogP contribution in [0.5, 0.6) is 5.75 Å². The van der Waals surface area contributed by atoms with E-state index in [1.807, 2.05) is 24.4 Å². The van der Waals surface area contributed by atoms with Gasteiger partial charge in [-0.1, -0.05) is 12.1 Å². The molecule has 0 aliphatic carbocycles. The van der Waals surface area contributed by atoms with Crippen molar-refractivity contribution >= 4 is 5.91 Å². The van der Waals surface area contributed by atoms with E-state index in [9.17, 15) is 9.90 Å². The molecule has 0 fully saturated rings. The van der Waals surface area contributed by atoms with Crippen LogP contribution in [0.2, 0.25) is 0 Å². The highest BCUT2D eigenvalue weighted by molar-refractivity contribution is 5.75. The predicted octanol–water partition coefficient (Wildman–Crippen LogP) is 1.64. The summed E-state index contributed by atoms with van der Waals surface area (Å²) in [5.41, 5.74) is 0.993. The molecule has 1 N–H and O–H groups in total. The van der Waals surface area contributed by atoms with E-state index < -0.39 is 0 Å². The summed E-state index contributed by atoms with van der Waals surface area (Å²) in [4.78, 5) is 13.6. The zero-order valence-electron chi connectivity index (χ0n) is 10.9. The third-order valence-corrected chi connectivity index (χ3v) is 2.90. The molecule has 2 aromatic rings. The van der Waals surface area contributed by atoms with Gasteiger partial charge in [-0.2, -0.15) is 5.10 Å². The normalized spacial score (nSPS) is 10.4. The molecule has 1 aromatic heterocycles. The largest absolute Gasteiger partial charge is 0.508 e. The van der Waals surface area contributed by atoms with Gasteiger partial charge in [0.05, 0.1) is 0 Å². The van der Waals surface area contributed by atoms with E-state index in [1.54, 1.807) is 35.0 Å². The molecule has 0 bridgehead atoms. The Kier molecular flexibility index (Phi) is 4.18. The predicted molar refractivity (Wildman–Crippen MR) is 71.4 cm³/mol. The van der Waals surface area contributed by atoms with Crippen LogP contribution < -0.4 is 0 Å². The SMILES string of the molecule is CN(Cc1ccc(O)cc1)C(=O)CCn1cccn1. The fraction of sp³-hybridized carbons (Fsp3) is 0.286. The van der Waals surface area contributed by atoms with Gasteiger partial charge in [-0.3, -0.25) is 9.48 Å². The van der Waals surface area contributed by atoms with Crippen molar-refractivity contribution in [2.75, 3.05) is 7.05 Å². The first-order valence-electron chi connectivity index (χ1n) is 6.14. The Bertz CT molecular complexity index is 520. The van der Waals surface area contributed by atoms with Gasteiger partial charge >= 0.3 is 0 Å². The number of hydrogen-bond acceptors (Lipinski definition) is 3. The van der Waals surface area contributed by atoms with Gasteiger partial charge < -0.3 is 10.0 Å². The zero-order chi connectivity index (χ0) is 13.7. The van der Waals surface area contributed by atoms with Crippen LogP contribution in [-0.2, 0) is 17.9 Å². The monoisotopic (exact) mass is 259 g/mol. The van der Waals surface area contributed by atoms with Crippen molar-refractivity contribution in [3.8, 4) is 5.75 Å². The molecule has 1 amide bonds. The number of phenols is 1. The summed E-state index contributed by atoms with van der Waals surface area (Å²) in [7, 11) is 1.78. The number of carbonyl (C=O) groups excluding carboxylic acids is 1. The molecule has 2 rings (SSSR count). The topological polar surface area (TPSA) is 58.4 Å². The number of nitrogens with zero attached hydrogens (tertiary/aromatic N) is 3. The molecule has 0 spiro atoms. The average molecular weight is 259 g/mol. The molecule has 1 heterocycles. The quantitative estimate of drug-likeness (QED) is 0.888. The average Bonchev–Trinajstić information content (AvgIpc) is 2.91. The number of aryl methyl sites for hydroxylation is 1. The Hall–Kier alpha value is -2.30. The minimum atomic E-state index is 0.0728. The number of hydrogen-bond donors (Lipinski definition) is 1. The maximum absolute atomic E-state index is 11.9. The summed E-state index contributed by atoms with van der Waals surface area (Å²) in [6, 6.07) is 8.71. The third kappa shape index (κ3) is 3.84. The van der Waals surface area contributed by atoms with Crippen LogP contribution in [0.4, 0.5) is 0 Å². The van der Waals surface area contributed by atoms with E-state index in [1.165, 1.54) is 0 Å². The lowest BCUT2D eigenvalue weighted by atomic mass is 10.2. The second kappa shape index (κ2) is 6.04. The summed E-state index contributed by atoms with van der Waals surface area (Å²) in [5.74, 6) is 0.306. The molecule has 0 radical (unpaired) electrons. The Morgan fingerprint density at radius 2 is 2.11 bits per heavy atom. The second-order valence-corrected chi connectivity index (χ2v) is 4.44. The summed E-state index contributed by atoms with van der Waals surface area (Å²) in [6.45, 7) is 1.13. The van der Waals surface area contributed by atoms with Crippen LogP contribution in [0, 0.1) is 0 Å². The van der Waals surface area contributed by atoms with Crippen LogP contribution in [0.25, 0.3) is 0 Å². The number of benzene rings is 1. The van der Waals surface area contributed by atoms with Crippen LogP contribution in [0.3, 0.4) is 0 Å². The molecule has 1 aromatic carbocycles. The molecular formula is C14H17N3O2.